The van der Waals surface area contributed by atoms with Gasteiger partial charge < -0.3 is 9.47 Å². The number of rotatable bonds is 3. The molecule has 0 amide bonds. The average Bonchev–Trinajstić information content (AvgIpc) is 3.41. The first-order valence-electron chi connectivity index (χ1n) is 11.3. The van der Waals surface area contributed by atoms with Gasteiger partial charge >= 0.3 is 12.1 Å². The Hall–Kier alpha value is -4.39. The zero-order valence-corrected chi connectivity index (χ0v) is 20.0. The molecule has 0 N–H and O–H groups in total. The molecule has 0 aliphatic rings. The summed E-state index contributed by atoms with van der Waals surface area (Å²) in [4.78, 5) is 30.5. The highest BCUT2D eigenvalue weighted by Crippen LogP contribution is 2.36. The fourth-order valence-electron chi connectivity index (χ4n) is 4.17. The zero-order chi connectivity index (χ0) is 24.7. The fourth-order valence-corrected chi connectivity index (χ4v) is 4.17. The fraction of sp³-hybridized carbons (Fsp3) is 0.179. The van der Waals surface area contributed by atoms with Crippen molar-refractivity contribution in [2.24, 2.45) is 0 Å². The van der Waals surface area contributed by atoms with E-state index in [2.05, 4.69) is 0 Å². The Kier molecular flexibility index (Phi) is 5.40. The maximum Gasteiger partial charge on any atom is 0.419 e. The second-order valence-corrected chi connectivity index (χ2v) is 9.21. The number of ether oxygens (including phenoxy) is 2. The number of carbonyl (C=O) groups excluding carboxylic acids is 2. The summed E-state index contributed by atoms with van der Waals surface area (Å²) in [5, 5.41) is 0.889. The average molecular weight is 468 g/mol. The quantitative estimate of drug-likeness (QED) is 0.296. The highest BCUT2D eigenvalue weighted by Gasteiger charge is 2.26. The van der Waals surface area contributed by atoms with Gasteiger partial charge in [-0.05, 0) is 45.0 Å². The molecule has 7 nitrogen and oxygen atoms in total. The van der Waals surface area contributed by atoms with E-state index in [0.29, 0.717) is 22.6 Å². The number of pyridine rings is 1. The van der Waals surface area contributed by atoms with Crippen LogP contribution in [0.4, 0.5) is 4.79 Å². The third kappa shape index (κ3) is 4.05. The number of nitrogens with zero attached hydrogens (tertiary/aromatic N) is 3. The minimum Gasteiger partial charge on any atom is -0.465 e. The molecule has 5 rings (SSSR count). The van der Waals surface area contributed by atoms with Crippen LogP contribution in [0.5, 0.6) is 0 Å². The van der Waals surface area contributed by atoms with E-state index in [9.17, 15) is 9.59 Å². The molecule has 0 bridgehead atoms. The highest BCUT2D eigenvalue weighted by molar-refractivity contribution is 5.98. The van der Waals surface area contributed by atoms with Gasteiger partial charge in [0.15, 0.2) is 0 Å². The summed E-state index contributed by atoms with van der Waals surface area (Å²) in [5.74, 6) is -0.443. The molecule has 0 saturated heterocycles. The van der Waals surface area contributed by atoms with Gasteiger partial charge in [-0.15, -0.1) is 0 Å². The minimum atomic E-state index is -0.670. The Labute approximate surface area is 202 Å². The molecule has 176 valence electrons. The normalized spacial score (nSPS) is 11.7. The van der Waals surface area contributed by atoms with Crippen LogP contribution in [-0.4, -0.2) is 38.7 Å². The number of methoxy groups -OCH3 is 1. The van der Waals surface area contributed by atoms with E-state index in [4.69, 9.17) is 14.5 Å². The van der Waals surface area contributed by atoms with Crippen LogP contribution in [0.1, 0.15) is 31.1 Å². The van der Waals surface area contributed by atoms with E-state index in [-0.39, 0.29) is 0 Å². The lowest BCUT2D eigenvalue weighted by Crippen LogP contribution is -2.27. The van der Waals surface area contributed by atoms with Crippen LogP contribution >= 0.6 is 0 Å². The van der Waals surface area contributed by atoms with Gasteiger partial charge in [0.25, 0.3) is 0 Å². The van der Waals surface area contributed by atoms with Gasteiger partial charge in [-0.2, -0.15) is 0 Å². The van der Waals surface area contributed by atoms with E-state index < -0.39 is 17.7 Å². The second kappa shape index (κ2) is 8.43. The molecule has 35 heavy (non-hydrogen) atoms. The number of fused-ring (bicyclic) bond motifs is 2. The van der Waals surface area contributed by atoms with Crippen LogP contribution in [-0.2, 0) is 9.47 Å². The summed E-state index contributed by atoms with van der Waals surface area (Å²) in [6, 6.07) is 22.8. The van der Waals surface area contributed by atoms with E-state index in [1.807, 2.05) is 85.8 Å². The number of hydrogen-bond donors (Lipinski definition) is 0. The second-order valence-electron chi connectivity index (χ2n) is 9.21. The van der Waals surface area contributed by atoms with Crippen molar-refractivity contribution in [1.29, 1.82) is 0 Å². The van der Waals surface area contributed by atoms with Crippen molar-refractivity contribution in [3.63, 3.8) is 0 Å². The Balaban J connectivity index is 1.83. The predicted molar refractivity (Wildman–Crippen MR) is 135 cm³/mol. The maximum atomic E-state index is 13.4. The highest BCUT2D eigenvalue weighted by atomic mass is 16.6. The number of esters is 1. The molecule has 0 saturated carbocycles. The molecule has 0 aliphatic heterocycles. The van der Waals surface area contributed by atoms with Crippen LogP contribution in [0.15, 0.2) is 79.0 Å². The molecule has 0 spiro atoms. The monoisotopic (exact) mass is 467 g/mol. The molecule has 3 aromatic heterocycles. The molecule has 3 heterocycles. The van der Waals surface area contributed by atoms with Gasteiger partial charge in [-0.25, -0.2) is 19.1 Å². The third-order valence-electron chi connectivity index (χ3n) is 5.62. The number of para-hydroxylation sites is 1. The van der Waals surface area contributed by atoms with Crippen molar-refractivity contribution >= 4 is 28.6 Å². The summed E-state index contributed by atoms with van der Waals surface area (Å²) >= 11 is 0. The van der Waals surface area contributed by atoms with Crippen molar-refractivity contribution in [2.45, 2.75) is 26.4 Å². The van der Waals surface area contributed by atoms with E-state index in [1.54, 1.807) is 22.9 Å². The summed E-state index contributed by atoms with van der Waals surface area (Å²) in [7, 11) is 1.35. The number of imidazole rings is 1. The standard InChI is InChI=1S/C28H25N3O4/c1-28(2,3)35-27(33)31-21-13-9-8-12-19(21)16-22(31)24-25(18-10-6-5-7-11-18)30-15-14-20(26(32)34-4)17-23(30)29-24/h5-17H,1-4H3. The van der Waals surface area contributed by atoms with Crippen LogP contribution in [0.3, 0.4) is 0 Å². The van der Waals surface area contributed by atoms with E-state index in [0.717, 1.165) is 22.2 Å². The van der Waals surface area contributed by atoms with Crippen molar-refractivity contribution < 1.29 is 19.1 Å². The Bertz CT molecular complexity index is 1570. The van der Waals surface area contributed by atoms with E-state index >= 15 is 0 Å². The molecule has 0 atom stereocenters. The molecule has 0 radical (unpaired) electrons. The first-order valence-corrected chi connectivity index (χ1v) is 11.3. The van der Waals surface area contributed by atoms with Gasteiger partial charge in [0.1, 0.15) is 16.9 Å². The molecule has 7 heteroatoms. The molecular weight excluding hydrogens is 442 g/mol. The topological polar surface area (TPSA) is 74.8 Å². The molecule has 5 aromatic rings. The molecule has 2 aromatic carbocycles. The number of aromatic nitrogens is 3. The molecule has 0 aliphatic carbocycles. The Morgan fingerprint density at radius 1 is 0.914 bits per heavy atom. The first-order chi connectivity index (χ1) is 16.8. The summed E-state index contributed by atoms with van der Waals surface area (Å²) in [6.45, 7) is 5.51. The Morgan fingerprint density at radius 2 is 1.63 bits per heavy atom. The lowest BCUT2D eigenvalue weighted by Gasteiger charge is -2.21. The number of carbonyl (C=O) groups is 2. The number of hydrogen-bond acceptors (Lipinski definition) is 5. The predicted octanol–water partition coefficient (Wildman–Crippen LogP) is 6.19. The molecule has 0 unspecified atom stereocenters. The first kappa shape index (κ1) is 22.4. The summed E-state index contributed by atoms with van der Waals surface area (Å²) in [5.41, 5.74) is 3.92. The maximum absolute atomic E-state index is 13.4. The molecular formula is C28H25N3O4. The van der Waals surface area contributed by atoms with Crippen molar-refractivity contribution in [2.75, 3.05) is 7.11 Å². The van der Waals surface area contributed by atoms with Crippen LogP contribution in [0, 0.1) is 0 Å². The van der Waals surface area contributed by atoms with Crippen LogP contribution in [0.25, 0.3) is 39.2 Å². The van der Waals surface area contributed by atoms with Crippen LogP contribution in [0.2, 0.25) is 0 Å². The lowest BCUT2D eigenvalue weighted by atomic mass is 10.1. The third-order valence-corrected chi connectivity index (χ3v) is 5.62. The van der Waals surface area contributed by atoms with Gasteiger partial charge in [0.2, 0.25) is 0 Å². The largest absolute Gasteiger partial charge is 0.465 e. The van der Waals surface area contributed by atoms with Crippen molar-refractivity contribution in [3.8, 4) is 22.6 Å². The SMILES string of the molecule is COC(=O)c1ccn2c(-c3ccccc3)c(-c3cc4ccccc4n3C(=O)OC(C)(C)C)nc2c1. The number of benzene rings is 2. The van der Waals surface area contributed by atoms with Gasteiger partial charge in [-0.1, -0.05) is 48.5 Å². The van der Waals surface area contributed by atoms with E-state index in [1.165, 1.54) is 7.11 Å². The van der Waals surface area contributed by atoms with Gasteiger partial charge in [-0.3, -0.25) is 4.40 Å². The smallest absolute Gasteiger partial charge is 0.419 e. The van der Waals surface area contributed by atoms with Crippen molar-refractivity contribution in [3.05, 3.63) is 84.6 Å². The zero-order valence-electron chi connectivity index (χ0n) is 20.0. The Morgan fingerprint density at radius 3 is 2.34 bits per heavy atom. The summed E-state index contributed by atoms with van der Waals surface area (Å²) in [6.07, 6.45) is 1.31. The molecule has 0 fully saturated rings. The van der Waals surface area contributed by atoms with Crippen LogP contribution < -0.4 is 0 Å². The van der Waals surface area contributed by atoms with Gasteiger partial charge in [0.05, 0.1) is 29.6 Å². The minimum absolute atomic E-state index is 0.392. The summed E-state index contributed by atoms with van der Waals surface area (Å²) < 4.78 is 14.1. The van der Waals surface area contributed by atoms with Gasteiger partial charge in [0, 0.05) is 17.1 Å². The lowest BCUT2D eigenvalue weighted by molar-refractivity contribution is 0.0545. The van der Waals surface area contributed by atoms with Crippen molar-refractivity contribution in [1.82, 2.24) is 14.0 Å².